The number of rotatable bonds is 7. The zero-order valence-corrected chi connectivity index (χ0v) is 20.7. The Morgan fingerprint density at radius 3 is 2.38 bits per heavy atom. The van der Waals surface area contributed by atoms with Crippen molar-refractivity contribution in [3.05, 3.63) is 60.4 Å². The van der Waals surface area contributed by atoms with Crippen LogP contribution < -0.4 is 5.32 Å². The molecule has 5 aromatic rings. The van der Waals surface area contributed by atoms with Crippen molar-refractivity contribution < 1.29 is 19.0 Å². The molecular weight excluding hydrogens is 470 g/mol. The van der Waals surface area contributed by atoms with Crippen LogP contribution in [0.1, 0.15) is 30.6 Å². The standard InChI is InChI=1S/C28H27N5O4/c1-28(2)36-16-18(37-28)15-35-13-5-12-31-27(34)17-8-9-21-22(14-17)33-26-20-7-4-11-30-24(20)23-19(25(26)32-21)6-3-10-29-23/h3-4,6-11,14,18H,5,12-13,15-16H2,1-2H3,(H,31,34). The molecule has 9 heteroatoms. The third kappa shape index (κ3) is 4.69. The third-order valence-electron chi connectivity index (χ3n) is 6.40. The van der Waals surface area contributed by atoms with Gasteiger partial charge in [-0.2, -0.15) is 0 Å². The van der Waals surface area contributed by atoms with E-state index in [1.54, 1.807) is 24.5 Å². The highest BCUT2D eigenvalue weighted by Gasteiger charge is 2.32. The summed E-state index contributed by atoms with van der Waals surface area (Å²) < 4.78 is 16.9. The lowest BCUT2D eigenvalue weighted by atomic mass is 10.1. The van der Waals surface area contributed by atoms with Crippen molar-refractivity contribution in [2.75, 3.05) is 26.4 Å². The van der Waals surface area contributed by atoms with Gasteiger partial charge in [-0.15, -0.1) is 0 Å². The SMILES string of the molecule is CC1(C)OCC(COCCCNC(=O)c2ccc3nc4c5cccnc5c5ncccc5c4nc3c2)O1. The van der Waals surface area contributed by atoms with Crippen LogP contribution in [0.3, 0.4) is 0 Å². The van der Waals surface area contributed by atoms with E-state index in [1.807, 2.05) is 44.2 Å². The molecule has 1 aliphatic rings. The molecule has 0 bridgehead atoms. The largest absolute Gasteiger partial charge is 0.379 e. The van der Waals surface area contributed by atoms with Gasteiger partial charge >= 0.3 is 0 Å². The number of aromatic nitrogens is 4. The van der Waals surface area contributed by atoms with E-state index in [2.05, 4.69) is 15.3 Å². The van der Waals surface area contributed by atoms with Crippen LogP contribution >= 0.6 is 0 Å². The van der Waals surface area contributed by atoms with Gasteiger partial charge in [0.1, 0.15) is 6.10 Å². The van der Waals surface area contributed by atoms with E-state index in [-0.39, 0.29) is 12.0 Å². The van der Waals surface area contributed by atoms with Crippen LogP contribution in [0.4, 0.5) is 0 Å². The molecule has 4 heterocycles. The van der Waals surface area contributed by atoms with Crippen LogP contribution in [0.25, 0.3) is 43.9 Å². The van der Waals surface area contributed by atoms with E-state index in [9.17, 15) is 4.79 Å². The summed E-state index contributed by atoms with van der Waals surface area (Å²) in [5, 5.41) is 4.74. The summed E-state index contributed by atoms with van der Waals surface area (Å²) >= 11 is 0. The predicted octanol–water partition coefficient (Wildman–Crippen LogP) is 4.17. The molecule has 0 spiro atoms. The first kappa shape index (κ1) is 23.6. The number of pyridine rings is 2. The second-order valence-corrected chi connectivity index (χ2v) is 9.56. The number of ether oxygens (including phenoxy) is 3. The van der Waals surface area contributed by atoms with Gasteiger partial charge in [-0.25, -0.2) is 9.97 Å². The highest BCUT2D eigenvalue weighted by molar-refractivity contribution is 6.21. The number of amides is 1. The molecule has 37 heavy (non-hydrogen) atoms. The molecule has 1 fully saturated rings. The molecule has 6 rings (SSSR count). The number of hydrogen-bond donors (Lipinski definition) is 1. The van der Waals surface area contributed by atoms with Gasteiger partial charge in [-0.05, 0) is 62.7 Å². The van der Waals surface area contributed by atoms with Gasteiger partial charge in [-0.1, -0.05) is 0 Å². The van der Waals surface area contributed by atoms with Gasteiger partial charge in [0.05, 0.1) is 46.3 Å². The Morgan fingerprint density at radius 1 is 1.00 bits per heavy atom. The van der Waals surface area contributed by atoms with Crippen LogP contribution in [-0.2, 0) is 14.2 Å². The Bertz CT molecular complexity index is 1640. The Balaban J connectivity index is 1.17. The molecule has 1 aliphatic heterocycles. The minimum Gasteiger partial charge on any atom is -0.379 e. The summed E-state index contributed by atoms with van der Waals surface area (Å²) in [5.74, 6) is -0.708. The Hall–Kier alpha value is -3.79. The smallest absolute Gasteiger partial charge is 0.251 e. The summed E-state index contributed by atoms with van der Waals surface area (Å²) in [4.78, 5) is 31.7. The van der Waals surface area contributed by atoms with E-state index in [4.69, 9.17) is 24.2 Å². The highest BCUT2D eigenvalue weighted by atomic mass is 16.7. The van der Waals surface area contributed by atoms with Gasteiger partial charge in [0.15, 0.2) is 5.79 Å². The van der Waals surface area contributed by atoms with E-state index >= 15 is 0 Å². The lowest BCUT2D eigenvalue weighted by molar-refractivity contribution is -0.145. The van der Waals surface area contributed by atoms with Crippen molar-refractivity contribution in [2.45, 2.75) is 32.2 Å². The van der Waals surface area contributed by atoms with Gasteiger partial charge in [0, 0.05) is 41.9 Å². The average molecular weight is 498 g/mol. The molecule has 0 aliphatic carbocycles. The maximum absolute atomic E-state index is 12.8. The molecule has 1 N–H and O–H groups in total. The molecule has 1 saturated heterocycles. The lowest BCUT2D eigenvalue weighted by Gasteiger charge is -2.17. The monoisotopic (exact) mass is 497 g/mol. The number of fused-ring (bicyclic) bond motifs is 7. The van der Waals surface area contributed by atoms with Crippen molar-refractivity contribution in [1.29, 1.82) is 0 Å². The average Bonchev–Trinajstić information content (AvgIpc) is 3.27. The molecule has 0 saturated carbocycles. The van der Waals surface area contributed by atoms with Crippen molar-refractivity contribution in [3.63, 3.8) is 0 Å². The van der Waals surface area contributed by atoms with Crippen molar-refractivity contribution in [3.8, 4) is 0 Å². The number of hydrogen-bond acceptors (Lipinski definition) is 8. The van der Waals surface area contributed by atoms with Crippen LogP contribution in [0.2, 0.25) is 0 Å². The van der Waals surface area contributed by atoms with Crippen LogP contribution in [0, 0.1) is 0 Å². The lowest BCUT2D eigenvalue weighted by Crippen LogP contribution is -2.26. The summed E-state index contributed by atoms with van der Waals surface area (Å²) in [5.41, 5.74) is 4.99. The van der Waals surface area contributed by atoms with Gasteiger partial charge in [0.2, 0.25) is 0 Å². The Morgan fingerprint density at radius 2 is 1.70 bits per heavy atom. The van der Waals surface area contributed by atoms with E-state index in [0.29, 0.717) is 49.4 Å². The fourth-order valence-electron chi connectivity index (χ4n) is 4.68. The predicted molar refractivity (Wildman–Crippen MR) is 140 cm³/mol. The van der Waals surface area contributed by atoms with Crippen LogP contribution in [-0.4, -0.2) is 64.1 Å². The first-order chi connectivity index (χ1) is 18.0. The topological polar surface area (TPSA) is 108 Å². The van der Waals surface area contributed by atoms with Crippen LogP contribution in [0.5, 0.6) is 0 Å². The van der Waals surface area contributed by atoms with Gasteiger partial charge in [0.25, 0.3) is 5.91 Å². The van der Waals surface area contributed by atoms with E-state index in [0.717, 1.165) is 32.8 Å². The number of carbonyl (C=O) groups is 1. The molecule has 1 unspecified atom stereocenters. The number of benzene rings is 2. The highest BCUT2D eigenvalue weighted by Crippen LogP contribution is 2.31. The number of nitrogens with one attached hydrogen (secondary N) is 1. The van der Waals surface area contributed by atoms with Gasteiger partial charge in [-0.3, -0.25) is 14.8 Å². The fourth-order valence-corrected chi connectivity index (χ4v) is 4.68. The van der Waals surface area contributed by atoms with Crippen molar-refractivity contribution in [2.24, 2.45) is 0 Å². The minimum absolute atomic E-state index is 0.0541. The maximum atomic E-state index is 12.8. The van der Waals surface area contributed by atoms with E-state index < -0.39 is 5.79 Å². The molecule has 3 aromatic heterocycles. The van der Waals surface area contributed by atoms with Crippen molar-refractivity contribution >= 4 is 49.8 Å². The van der Waals surface area contributed by atoms with E-state index in [1.165, 1.54) is 0 Å². The normalized spacial score (nSPS) is 17.2. The number of nitrogens with zero attached hydrogens (tertiary/aromatic N) is 4. The van der Waals surface area contributed by atoms with Crippen molar-refractivity contribution in [1.82, 2.24) is 25.3 Å². The minimum atomic E-state index is -0.548. The maximum Gasteiger partial charge on any atom is 0.251 e. The molecule has 188 valence electrons. The molecule has 1 amide bonds. The Kier molecular flexibility index (Phi) is 6.11. The second-order valence-electron chi connectivity index (χ2n) is 9.56. The fraction of sp³-hybridized carbons (Fsp3) is 0.321. The molecular formula is C28H27N5O4. The first-order valence-electron chi connectivity index (χ1n) is 12.4. The van der Waals surface area contributed by atoms with Gasteiger partial charge < -0.3 is 19.5 Å². The molecule has 2 aromatic carbocycles. The summed E-state index contributed by atoms with van der Waals surface area (Å²) in [6.45, 7) is 5.82. The second kappa shape index (κ2) is 9.59. The first-order valence-corrected chi connectivity index (χ1v) is 12.4. The summed E-state index contributed by atoms with van der Waals surface area (Å²) in [6.07, 6.45) is 4.15. The van der Waals surface area contributed by atoms with Crippen LogP contribution in [0.15, 0.2) is 54.9 Å². The molecule has 1 atom stereocenters. The molecule has 9 nitrogen and oxygen atoms in total. The summed E-state index contributed by atoms with van der Waals surface area (Å²) in [7, 11) is 0. The quantitative estimate of drug-likeness (QED) is 0.203. The summed E-state index contributed by atoms with van der Waals surface area (Å²) in [6, 6.07) is 13.1. The number of carbonyl (C=O) groups excluding carboxylic acids is 1. The Labute approximate surface area is 213 Å². The zero-order valence-electron chi connectivity index (χ0n) is 20.7. The molecule has 0 radical (unpaired) electrons. The third-order valence-corrected chi connectivity index (χ3v) is 6.40. The zero-order chi connectivity index (χ0) is 25.4.